The van der Waals surface area contributed by atoms with Gasteiger partial charge in [-0.2, -0.15) is 15.4 Å². The van der Waals surface area contributed by atoms with E-state index in [2.05, 4.69) is 21.5 Å². The summed E-state index contributed by atoms with van der Waals surface area (Å²) >= 11 is 0. The van der Waals surface area contributed by atoms with Crippen molar-refractivity contribution in [2.75, 3.05) is 26.2 Å². The van der Waals surface area contributed by atoms with Crippen molar-refractivity contribution in [3.8, 4) is 5.75 Å². The normalized spacial score (nSPS) is 29.8. The third-order valence-corrected chi connectivity index (χ3v) is 8.28. The minimum absolute atomic E-state index is 0.0644. The van der Waals surface area contributed by atoms with Crippen molar-refractivity contribution in [3.63, 3.8) is 0 Å². The molecular formula is C25H25N5O3. The number of H-pyrrole nitrogens is 1. The van der Waals surface area contributed by atoms with Gasteiger partial charge >= 0.3 is 0 Å². The lowest BCUT2D eigenvalue weighted by Crippen LogP contribution is -2.44. The minimum atomic E-state index is -0.373. The Morgan fingerprint density at radius 3 is 2.36 bits per heavy atom. The van der Waals surface area contributed by atoms with Gasteiger partial charge in [0, 0.05) is 31.7 Å². The number of nitrogens with one attached hydrogen (secondary N) is 1. The number of carbonyl (C=O) groups is 2. The zero-order chi connectivity index (χ0) is 22.1. The Kier molecular flexibility index (Phi) is 4.07. The van der Waals surface area contributed by atoms with Crippen molar-refractivity contribution in [1.82, 2.24) is 25.2 Å². The molecule has 0 radical (unpaired) electrons. The molecule has 1 N–H and O–H groups in total. The molecule has 7 rings (SSSR count). The molecule has 3 aliphatic heterocycles. The maximum Gasteiger partial charge on any atom is 0.263 e. The first-order chi connectivity index (χ1) is 16.2. The van der Waals surface area contributed by atoms with E-state index < -0.39 is 0 Å². The van der Waals surface area contributed by atoms with Crippen LogP contribution in [-0.2, 0) is 11.2 Å². The van der Waals surface area contributed by atoms with Crippen LogP contribution < -0.4 is 4.74 Å². The van der Waals surface area contributed by atoms with Gasteiger partial charge in [0.15, 0.2) is 6.10 Å². The van der Waals surface area contributed by atoms with Gasteiger partial charge in [0.05, 0.1) is 0 Å². The summed E-state index contributed by atoms with van der Waals surface area (Å²) in [6.45, 7) is 3.13. The molecule has 0 spiro atoms. The highest BCUT2D eigenvalue weighted by atomic mass is 16.5. The summed E-state index contributed by atoms with van der Waals surface area (Å²) in [5, 5.41) is 10.8. The van der Waals surface area contributed by atoms with Gasteiger partial charge in [-0.05, 0) is 66.3 Å². The molecule has 168 valence electrons. The van der Waals surface area contributed by atoms with Crippen LogP contribution in [0.1, 0.15) is 22.3 Å². The Labute approximate surface area is 190 Å². The van der Waals surface area contributed by atoms with Crippen molar-refractivity contribution < 1.29 is 14.3 Å². The zero-order valence-electron chi connectivity index (χ0n) is 18.2. The van der Waals surface area contributed by atoms with E-state index in [1.807, 2.05) is 46.2 Å². The average Bonchev–Trinajstić information content (AvgIpc) is 3.56. The van der Waals surface area contributed by atoms with E-state index in [0.717, 1.165) is 50.3 Å². The van der Waals surface area contributed by atoms with Crippen LogP contribution in [0, 0.1) is 23.7 Å². The molecule has 2 aromatic carbocycles. The lowest BCUT2D eigenvalue weighted by molar-refractivity contribution is -0.138. The Morgan fingerprint density at radius 1 is 0.879 bits per heavy atom. The number of fused-ring (bicyclic) bond motifs is 6. The lowest BCUT2D eigenvalue weighted by atomic mass is 9.60. The smallest absolute Gasteiger partial charge is 0.263 e. The van der Waals surface area contributed by atoms with Gasteiger partial charge < -0.3 is 14.5 Å². The third-order valence-electron chi connectivity index (χ3n) is 8.28. The van der Waals surface area contributed by atoms with Crippen LogP contribution in [0.3, 0.4) is 0 Å². The molecule has 1 saturated carbocycles. The van der Waals surface area contributed by atoms with Crippen LogP contribution in [0.15, 0.2) is 42.5 Å². The van der Waals surface area contributed by atoms with Crippen LogP contribution in [0.5, 0.6) is 5.75 Å². The molecule has 5 atom stereocenters. The average molecular weight is 444 g/mol. The summed E-state index contributed by atoms with van der Waals surface area (Å²) in [6, 6.07) is 13.5. The zero-order valence-corrected chi connectivity index (χ0v) is 18.2. The van der Waals surface area contributed by atoms with Crippen LogP contribution in [0.2, 0.25) is 0 Å². The number of amides is 2. The quantitative estimate of drug-likeness (QED) is 0.655. The van der Waals surface area contributed by atoms with Gasteiger partial charge in [0.25, 0.3) is 11.8 Å². The number of aromatic nitrogens is 3. The third kappa shape index (κ3) is 2.89. The first kappa shape index (κ1) is 19.1. The molecule has 1 aromatic heterocycles. The van der Waals surface area contributed by atoms with Crippen molar-refractivity contribution >= 4 is 22.8 Å². The monoisotopic (exact) mass is 443 g/mol. The summed E-state index contributed by atoms with van der Waals surface area (Å²) < 4.78 is 6.06. The van der Waals surface area contributed by atoms with Gasteiger partial charge in [-0.25, -0.2) is 0 Å². The maximum absolute atomic E-state index is 13.2. The highest BCUT2D eigenvalue weighted by Gasteiger charge is 2.59. The van der Waals surface area contributed by atoms with Crippen LogP contribution in [0.4, 0.5) is 0 Å². The van der Waals surface area contributed by atoms with E-state index in [0.29, 0.717) is 34.8 Å². The largest absolute Gasteiger partial charge is 0.480 e. The highest BCUT2D eigenvalue weighted by Crippen LogP contribution is 2.54. The number of benzene rings is 2. The molecule has 33 heavy (non-hydrogen) atoms. The van der Waals surface area contributed by atoms with Gasteiger partial charge in [0.1, 0.15) is 16.8 Å². The highest BCUT2D eigenvalue weighted by molar-refractivity contribution is 5.97. The summed E-state index contributed by atoms with van der Waals surface area (Å²) in [5.74, 6) is 3.00. The molecule has 1 aliphatic carbocycles. The van der Waals surface area contributed by atoms with Gasteiger partial charge in [0.2, 0.25) is 0 Å². The Bertz CT molecular complexity index is 1250. The van der Waals surface area contributed by atoms with Crippen molar-refractivity contribution in [2.45, 2.75) is 18.9 Å². The lowest BCUT2D eigenvalue weighted by Gasteiger charge is -2.42. The van der Waals surface area contributed by atoms with E-state index in [-0.39, 0.29) is 17.9 Å². The number of carbonyl (C=O) groups excluding carboxylic acids is 2. The van der Waals surface area contributed by atoms with E-state index >= 15 is 0 Å². The molecule has 2 amide bonds. The summed E-state index contributed by atoms with van der Waals surface area (Å²) in [7, 11) is 0. The van der Waals surface area contributed by atoms with E-state index in [1.165, 1.54) is 5.56 Å². The predicted molar refractivity (Wildman–Crippen MR) is 120 cm³/mol. The van der Waals surface area contributed by atoms with E-state index in [1.54, 1.807) is 0 Å². The number of nitrogens with zero attached hydrogens (tertiary/aromatic N) is 4. The molecule has 4 heterocycles. The molecule has 8 nitrogen and oxygen atoms in total. The number of aryl methyl sites for hydroxylation is 1. The van der Waals surface area contributed by atoms with E-state index in [9.17, 15) is 9.59 Å². The van der Waals surface area contributed by atoms with Gasteiger partial charge in [-0.1, -0.05) is 18.2 Å². The molecular weight excluding hydrogens is 418 g/mol. The standard InChI is InChI=1S/C25H25N5O3/c31-24(15-5-7-20-21(9-15)27-28-26-20)29-10-16-17(11-29)19-13-30(12-18(16)19)25(32)23-8-6-14-3-1-2-4-22(14)33-23/h1-5,7,9,16-19,23H,6,8,10-13H2,(H,26,27,28)/t16-,17+,18+,19-,23?. The number of likely N-dealkylation sites (tertiary alicyclic amines) is 2. The predicted octanol–water partition coefficient (Wildman–Crippen LogP) is 2.13. The Balaban J connectivity index is 1.00. The second-order valence-electron chi connectivity index (χ2n) is 9.89. The fraction of sp³-hybridized carbons (Fsp3) is 0.440. The fourth-order valence-corrected chi connectivity index (χ4v) is 6.58. The van der Waals surface area contributed by atoms with Crippen molar-refractivity contribution in [3.05, 3.63) is 53.6 Å². The number of hydrogen-bond donors (Lipinski definition) is 1. The number of aromatic amines is 1. The number of ether oxygens (including phenoxy) is 1. The molecule has 1 unspecified atom stereocenters. The molecule has 8 heteroatoms. The molecule has 3 aromatic rings. The Hall–Kier alpha value is -3.42. The molecule has 0 bridgehead atoms. The topological polar surface area (TPSA) is 91.4 Å². The summed E-state index contributed by atoms with van der Waals surface area (Å²) in [5.41, 5.74) is 3.32. The molecule has 4 aliphatic rings. The van der Waals surface area contributed by atoms with Crippen LogP contribution in [-0.4, -0.2) is 69.3 Å². The second-order valence-corrected chi connectivity index (χ2v) is 9.89. The number of rotatable bonds is 2. The number of para-hydroxylation sites is 1. The minimum Gasteiger partial charge on any atom is -0.480 e. The second kappa shape index (κ2) is 7.04. The first-order valence-electron chi connectivity index (χ1n) is 11.8. The fourth-order valence-electron chi connectivity index (χ4n) is 6.58. The summed E-state index contributed by atoms with van der Waals surface area (Å²) in [4.78, 5) is 30.3. The molecule has 2 saturated heterocycles. The summed E-state index contributed by atoms with van der Waals surface area (Å²) in [6.07, 6.45) is 1.25. The SMILES string of the molecule is O=C(c1ccc2n[nH]nc2c1)N1C[C@@H]2[C@H](C1)[C@H]1CN(C(=O)C3CCc4ccccc4O3)C[C@@H]21. The van der Waals surface area contributed by atoms with Crippen molar-refractivity contribution in [1.29, 1.82) is 0 Å². The van der Waals surface area contributed by atoms with Gasteiger partial charge in [-0.3, -0.25) is 9.59 Å². The first-order valence-corrected chi connectivity index (χ1v) is 11.8. The van der Waals surface area contributed by atoms with Crippen LogP contribution in [0.25, 0.3) is 11.0 Å². The van der Waals surface area contributed by atoms with E-state index in [4.69, 9.17) is 4.74 Å². The van der Waals surface area contributed by atoms with Crippen molar-refractivity contribution in [2.24, 2.45) is 23.7 Å². The van der Waals surface area contributed by atoms with Crippen LogP contribution >= 0.6 is 0 Å². The van der Waals surface area contributed by atoms with Gasteiger partial charge in [-0.15, -0.1) is 0 Å². The Morgan fingerprint density at radius 2 is 1.58 bits per heavy atom. The molecule has 3 fully saturated rings. The number of hydrogen-bond acceptors (Lipinski definition) is 5. The maximum atomic E-state index is 13.2.